The maximum atomic E-state index is 7.95. The largest absolute Gasteiger partial charge is 0.0651 e. The van der Waals surface area contributed by atoms with Crippen molar-refractivity contribution in [3.8, 4) is 0 Å². The van der Waals surface area contributed by atoms with Gasteiger partial charge in [0, 0.05) is 12.3 Å². The van der Waals surface area contributed by atoms with Crippen molar-refractivity contribution in [3.63, 3.8) is 0 Å². The Bertz CT molecular complexity index is 1930. The van der Waals surface area contributed by atoms with Crippen LogP contribution >= 0.6 is 0 Å². The zero-order valence-corrected chi connectivity index (χ0v) is 55.2. The van der Waals surface area contributed by atoms with Crippen molar-refractivity contribution < 1.29 is 12.3 Å². The topological polar surface area (TPSA) is 0 Å². The smallest absolute Gasteiger partial charge is 0.0300 e. The first-order valence-electron chi connectivity index (χ1n) is 42.1. The van der Waals surface area contributed by atoms with Crippen molar-refractivity contribution in [3.05, 3.63) is 0 Å². The second-order valence-corrected chi connectivity index (χ2v) is 32.6. The van der Waals surface area contributed by atoms with Gasteiger partial charge in [-0.3, -0.25) is 0 Å². The average Bonchev–Trinajstić information content (AvgIpc) is 1.43. The van der Waals surface area contributed by atoms with Crippen LogP contribution in [0.1, 0.15) is 358 Å². The predicted octanol–water partition coefficient (Wildman–Crippen LogP) is 25.3. The molecule has 22 aliphatic carbocycles. The molecule has 22 saturated carbocycles. The normalized spacial score (nSPS) is 49.7. The van der Waals surface area contributed by atoms with Gasteiger partial charge in [-0.2, -0.15) is 0 Å². The first-order chi connectivity index (χ1) is 42.1. The molecule has 22 rings (SSSR count). The van der Waals surface area contributed by atoms with E-state index in [-0.39, 0.29) is 56.6 Å². The maximum Gasteiger partial charge on any atom is 0.0300 e. The minimum atomic E-state index is -0.180. The fourth-order valence-electron chi connectivity index (χ4n) is 22.8. The lowest BCUT2D eigenvalue weighted by Crippen LogP contribution is -2.49. The van der Waals surface area contributed by atoms with E-state index in [0.717, 1.165) is 136 Å². The Morgan fingerprint density at radius 2 is 0.550 bits per heavy atom. The molecule has 0 heteroatoms. The fourth-order valence-corrected chi connectivity index (χ4v) is 22.8. The number of fused-ring (bicyclic) bond motifs is 9. The van der Waals surface area contributed by atoms with Gasteiger partial charge >= 0.3 is 0 Å². The molecule has 0 aromatic rings. The Hall–Kier alpha value is 0. The summed E-state index contributed by atoms with van der Waals surface area (Å²) < 4.78 is 69.0. The minimum absolute atomic E-state index is 0.170. The predicted molar refractivity (Wildman–Crippen MR) is 351 cm³/mol. The molecule has 14 atom stereocenters. The molecule has 0 amide bonds. The van der Waals surface area contributed by atoms with E-state index in [9.17, 15) is 0 Å². The van der Waals surface area contributed by atoms with Gasteiger partial charge in [-0.25, -0.2) is 0 Å². The lowest BCUT2D eigenvalue weighted by atomic mass is 9.47. The second-order valence-electron chi connectivity index (χ2n) is 32.6. The second kappa shape index (κ2) is 31.8. The van der Waals surface area contributed by atoms with Gasteiger partial charge in [0.05, 0.1) is 0 Å². The van der Waals surface area contributed by atoms with E-state index in [0.29, 0.717) is 11.8 Å². The highest BCUT2D eigenvalue weighted by molar-refractivity contribution is 5.01. The van der Waals surface area contributed by atoms with E-state index >= 15 is 0 Å². The lowest BCUT2D eigenvalue weighted by molar-refractivity contribution is -0.0819. The van der Waals surface area contributed by atoms with Crippen LogP contribution in [0.15, 0.2) is 0 Å². The van der Waals surface area contributed by atoms with Gasteiger partial charge in [0.2, 0.25) is 0 Å². The molecule has 464 valence electrons. The SMILES string of the molecule is [2H]C(C)(C)C1CCCC1.[2H]C(C)(C)C1CCCCC1.[2H]C(C)C1C2CC1C2.[2H]C(C)C1C2CC3CC(C2)CC1C3.[2H]C(C)C1C2CCC1C2.[2H]C(C)C1C2CCC1CC2.[2H]C(C)C1CC2CC1C2.[2H]C(C)C1CC2CCC1C2.[2H]C(C)C1CC2CCC1CC2. The van der Waals surface area contributed by atoms with Crippen molar-refractivity contribution in [2.75, 3.05) is 0 Å². The van der Waals surface area contributed by atoms with Gasteiger partial charge in [-0.05, 0) is 307 Å². The molecule has 0 saturated heterocycles. The van der Waals surface area contributed by atoms with Crippen LogP contribution < -0.4 is 0 Å². The van der Waals surface area contributed by atoms with E-state index in [2.05, 4.69) is 34.6 Å². The Balaban J connectivity index is 0.000000119. The summed E-state index contributed by atoms with van der Waals surface area (Å²) in [5.41, 5.74) is 0. The summed E-state index contributed by atoms with van der Waals surface area (Å²) in [4.78, 5) is 0. The molecule has 0 N–H and O–H groups in total. The monoisotopic (exact) mass is 1110 g/mol. The molecule has 14 unspecified atom stereocenters. The molecular formula is C80H144. The van der Waals surface area contributed by atoms with Crippen molar-refractivity contribution in [1.29, 1.82) is 0 Å². The molecule has 0 aromatic heterocycles. The van der Waals surface area contributed by atoms with Crippen molar-refractivity contribution in [1.82, 2.24) is 0 Å². The quantitative estimate of drug-likeness (QED) is 0.216. The van der Waals surface area contributed by atoms with E-state index in [1.165, 1.54) is 225 Å². The third-order valence-corrected chi connectivity index (χ3v) is 27.9. The van der Waals surface area contributed by atoms with Crippen LogP contribution in [0, 0.1) is 160 Å². The van der Waals surface area contributed by atoms with Crippen LogP contribution in [0.3, 0.4) is 0 Å². The molecule has 0 aliphatic heterocycles. The number of rotatable bonds is 9. The zero-order chi connectivity index (χ0) is 64.2. The van der Waals surface area contributed by atoms with Crippen LogP contribution in [-0.4, -0.2) is 0 Å². The highest BCUT2D eigenvalue weighted by Crippen LogP contribution is 2.60. The van der Waals surface area contributed by atoms with Gasteiger partial charge < -0.3 is 0 Å². The molecule has 16 bridgehead atoms. The summed E-state index contributed by atoms with van der Waals surface area (Å²) in [5.74, 6) is 22.1. The van der Waals surface area contributed by atoms with Crippen molar-refractivity contribution in [2.45, 2.75) is 346 Å². The third kappa shape index (κ3) is 16.6. The van der Waals surface area contributed by atoms with E-state index in [1.807, 2.05) is 41.5 Å². The lowest BCUT2D eigenvalue weighted by Gasteiger charge is -2.58. The van der Waals surface area contributed by atoms with Crippen LogP contribution in [0.5, 0.6) is 0 Å². The summed E-state index contributed by atoms with van der Waals surface area (Å²) in [5, 5.41) is 0. The first-order valence-corrected chi connectivity index (χ1v) is 37.1. The van der Waals surface area contributed by atoms with Crippen molar-refractivity contribution in [2.24, 2.45) is 160 Å². The molecule has 22 aliphatic rings. The summed E-state index contributed by atoms with van der Waals surface area (Å²) in [7, 11) is 0. The summed E-state index contributed by atoms with van der Waals surface area (Å²) >= 11 is 0. The van der Waals surface area contributed by atoms with Crippen LogP contribution in [0.2, 0.25) is 0 Å². The fraction of sp³-hybridized carbons (Fsp3) is 1.00. The number of hydrogen-bond acceptors (Lipinski definition) is 0. The summed E-state index contributed by atoms with van der Waals surface area (Å²) in [6, 6.07) is 0. The molecular weight excluding hydrogens is 961 g/mol. The highest BCUT2D eigenvalue weighted by atomic mass is 14.6. The summed E-state index contributed by atoms with van der Waals surface area (Å²) in [6.45, 7) is 22.6. The van der Waals surface area contributed by atoms with Crippen LogP contribution in [-0.2, 0) is 0 Å². The Labute approximate surface area is 515 Å². The third-order valence-electron chi connectivity index (χ3n) is 27.9. The Kier molecular flexibility index (Phi) is 21.1. The van der Waals surface area contributed by atoms with Crippen LogP contribution in [0.25, 0.3) is 0 Å². The average molecular weight is 1120 g/mol. The van der Waals surface area contributed by atoms with E-state index in [1.54, 1.807) is 0 Å². The molecule has 0 heterocycles. The van der Waals surface area contributed by atoms with Crippen molar-refractivity contribution >= 4 is 0 Å². The molecule has 80 heavy (non-hydrogen) atoms. The number of hydrogen-bond donors (Lipinski definition) is 0. The van der Waals surface area contributed by atoms with Gasteiger partial charge in [0.1, 0.15) is 0 Å². The Morgan fingerprint density at radius 1 is 0.250 bits per heavy atom. The zero-order valence-electron chi connectivity index (χ0n) is 64.2. The summed E-state index contributed by atoms with van der Waals surface area (Å²) in [6.07, 6.45) is 50.9. The van der Waals surface area contributed by atoms with E-state index in [4.69, 9.17) is 12.3 Å². The van der Waals surface area contributed by atoms with Gasteiger partial charge in [0.25, 0.3) is 0 Å². The minimum Gasteiger partial charge on any atom is -0.0651 e. The van der Waals surface area contributed by atoms with Gasteiger partial charge in [-0.15, -0.1) is 0 Å². The standard InChI is InChI=1S/C12H20.C10H18.2C9H16.C9H18.2C8H14.C8H16.C7H12/c1-2-12-10-4-8-3-9(6-10)7-11(12)5-8;1-2-9-7-8-3-5-10(9)6-4-8;1-2-8-5-7-3-4-9(8)6-7;1-2-9-7-3-4-8(9)6-5-7;1-8(2)9-6-4-3-5-7-9;1-2-7-3-6-4-8(7)5-6;1-2-8-6-3-4-7(8)5-6;1-7(2)8-5-3-4-6-8;1-2-7-5-3-6(7)4-5/h8-12H,2-7H2,1H3;8-10H,2-7H2,1H3;2*7-9H,2-6H2,1H3;8-9H,3-7H2,1-2H3;2*6-8H,2-5H2,1H3;7-8H,3-6H2,1-2H3;5-7H,2-4H2,1H3/i4*2D;8D;2*2D;7D;2D. The molecule has 0 nitrogen and oxygen atoms in total. The highest BCUT2D eigenvalue weighted by Gasteiger charge is 2.51. The molecule has 0 aromatic carbocycles. The van der Waals surface area contributed by atoms with Gasteiger partial charge in [0.15, 0.2) is 0 Å². The van der Waals surface area contributed by atoms with E-state index < -0.39 is 0 Å². The van der Waals surface area contributed by atoms with Gasteiger partial charge in [-0.1, -0.05) is 198 Å². The Morgan fingerprint density at radius 3 is 0.812 bits per heavy atom. The first kappa shape index (κ1) is 53.1. The van der Waals surface area contributed by atoms with Crippen LogP contribution in [0.4, 0.5) is 0 Å². The molecule has 0 spiro atoms. The maximum absolute atomic E-state index is 7.95. The molecule has 22 fully saturated rings. The molecule has 0 radical (unpaired) electrons.